The maximum absolute atomic E-state index is 12.3. The molecule has 0 bridgehead atoms. The molecule has 0 aliphatic rings. The maximum atomic E-state index is 12.3. The molecule has 0 aromatic heterocycles. The molecule has 144 valence electrons. The molecule has 2 N–H and O–H groups in total. The molecule has 0 aliphatic carbocycles. The topological polar surface area (TPSA) is 59.6 Å². The number of nitrogens with one attached hydrogen (secondary N) is 2. The van der Waals surface area contributed by atoms with Crippen molar-refractivity contribution in [2.45, 2.75) is 13.5 Å². The standard InChI is InChI=1S/C23H24N2O3/c1-2-27-20-14-12-19(13-15-20)24-16-23(26)25-21-10-6-7-11-22(21)28-17-18-8-4-3-5-9-18/h3-15,24H,2,16-17H2,1H3,(H,25,26). The van der Waals surface area contributed by atoms with Crippen molar-refractivity contribution in [2.75, 3.05) is 23.8 Å². The van der Waals surface area contributed by atoms with Crippen LogP contribution in [0.4, 0.5) is 11.4 Å². The zero-order valence-electron chi connectivity index (χ0n) is 15.9. The van der Waals surface area contributed by atoms with E-state index in [1.165, 1.54) is 0 Å². The Morgan fingerprint density at radius 3 is 2.32 bits per heavy atom. The molecule has 5 nitrogen and oxygen atoms in total. The van der Waals surface area contributed by atoms with Gasteiger partial charge in [0.05, 0.1) is 18.8 Å². The van der Waals surface area contributed by atoms with Crippen molar-refractivity contribution >= 4 is 17.3 Å². The molecule has 0 unspecified atom stereocenters. The summed E-state index contributed by atoms with van der Waals surface area (Å²) in [5.74, 6) is 1.30. The molecule has 0 fully saturated rings. The van der Waals surface area contributed by atoms with Crippen LogP contribution < -0.4 is 20.1 Å². The minimum absolute atomic E-state index is 0.148. The van der Waals surface area contributed by atoms with Gasteiger partial charge in [-0.2, -0.15) is 0 Å². The highest BCUT2D eigenvalue weighted by Crippen LogP contribution is 2.24. The van der Waals surface area contributed by atoms with E-state index in [-0.39, 0.29) is 12.5 Å². The van der Waals surface area contributed by atoms with Crippen molar-refractivity contribution in [2.24, 2.45) is 0 Å². The number of hydrogen-bond donors (Lipinski definition) is 2. The second-order valence-corrected chi connectivity index (χ2v) is 6.13. The van der Waals surface area contributed by atoms with Gasteiger partial charge in [-0.1, -0.05) is 42.5 Å². The molecule has 0 saturated carbocycles. The predicted octanol–water partition coefficient (Wildman–Crippen LogP) is 4.71. The predicted molar refractivity (Wildman–Crippen MR) is 112 cm³/mol. The lowest BCUT2D eigenvalue weighted by Gasteiger charge is -2.13. The first kappa shape index (κ1) is 19.3. The van der Waals surface area contributed by atoms with Crippen LogP contribution in [-0.2, 0) is 11.4 Å². The van der Waals surface area contributed by atoms with Crippen LogP contribution in [0.1, 0.15) is 12.5 Å². The first-order valence-electron chi connectivity index (χ1n) is 9.27. The van der Waals surface area contributed by atoms with Crippen molar-refractivity contribution in [1.29, 1.82) is 0 Å². The Kier molecular flexibility index (Phi) is 6.90. The van der Waals surface area contributed by atoms with Gasteiger partial charge >= 0.3 is 0 Å². The molecule has 28 heavy (non-hydrogen) atoms. The molecular formula is C23H24N2O3. The van der Waals surface area contributed by atoms with Gasteiger partial charge in [0.15, 0.2) is 0 Å². The SMILES string of the molecule is CCOc1ccc(NCC(=O)Nc2ccccc2OCc2ccccc2)cc1. The van der Waals surface area contributed by atoms with E-state index in [2.05, 4.69) is 10.6 Å². The third-order valence-electron chi connectivity index (χ3n) is 4.02. The van der Waals surface area contributed by atoms with Crippen molar-refractivity contribution in [3.8, 4) is 11.5 Å². The van der Waals surface area contributed by atoms with Crippen LogP contribution in [0.5, 0.6) is 11.5 Å². The Morgan fingerprint density at radius 1 is 0.857 bits per heavy atom. The number of carbonyl (C=O) groups excluding carboxylic acids is 1. The van der Waals surface area contributed by atoms with E-state index >= 15 is 0 Å². The van der Waals surface area contributed by atoms with Gasteiger partial charge in [-0.05, 0) is 48.9 Å². The van der Waals surface area contributed by atoms with Crippen molar-refractivity contribution in [3.05, 3.63) is 84.4 Å². The smallest absolute Gasteiger partial charge is 0.243 e. The second-order valence-electron chi connectivity index (χ2n) is 6.13. The Hall–Kier alpha value is -3.47. The number of hydrogen-bond acceptors (Lipinski definition) is 4. The van der Waals surface area contributed by atoms with E-state index in [4.69, 9.17) is 9.47 Å². The van der Waals surface area contributed by atoms with Gasteiger partial charge < -0.3 is 20.1 Å². The molecule has 3 aromatic carbocycles. The van der Waals surface area contributed by atoms with Crippen LogP contribution in [0.15, 0.2) is 78.9 Å². The molecule has 3 aromatic rings. The molecule has 0 atom stereocenters. The lowest BCUT2D eigenvalue weighted by atomic mass is 10.2. The van der Waals surface area contributed by atoms with E-state index in [0.29, 0.717) is 24.7 Å². The first-order valence-corrected chi connectivity index (χ1v) is 9.27. The Morgan fingerprint density at radius 2 is 1.57 bits per heavy atom. The van der Waals surface area contributed by atoms with Crippen LogP contribution in [-0.4, -0.2) is 19.1 Å². The molecular weight excluding hydrogens is 352 g/mol. The zero-order chi connectivity index (χ0) is 19.6. The second kappa shape index (κ2) is 10.0. The van der Waals surface area contributed by atoms with Crippen molar-refractivity contribution < 1.29 is 14.3 Å². The highest BCUT2D eigenvalue weighted by atomic mass is 16.5. The summed E-state index contributed by atoms with van der Waals surface area (Å²) in [6, 6.07) is 24.8. The van der Waals surface area contributed by atoms with E-state index in [9.17, 15) is 4.79 Å². The van der Waals surface area contributed by atoms with Gasteiger partial charge in [0, 0.05) is 5.69 Å². The molecule has 5 heteroatoms. The highest BCUT2D eigenvalue weighted by Gasteiger charge is 2.08. The quantitative estimate of drug-likeness (QED) is 0.568. The molecule has 3 rings (SSSR count). The molecule has 0 radical (unpaired) electrons. The van der Waals surface area contributed by atoms with Crippen LogP contribution in [0.2, 0.25) is 0 Å². The van der Waals surface area contributed by atoms with Crippen molar-refractivity contribution in [3.63, 3.8) is 0 Å². The normalized spacial score (nSPS) is 10.2. The summed E-state index contributed by atoms with van der Waals surface area (Å²) in [6.45, 7) is 3.16. The molecule has 0 aliphatic heterocycles. The van der Waals surface area contributed by atoms with Gasteiger partial charge in [0.1, 0.15) is 18.1 Å². The average molecular weight is 376 g/mol. The minimum Gasteiger partial charge on any atom is -0.494 e. The average Bonchev–Trinajstić information content (AvgIpc) is 2.74. The van der Waals surface area contributed by atoms with E-state index in [0.717, 1.165) is 17.0 Å². The number of anilines is 2. The minimum atomic E-state index is -0.148. The summed E-state index contributed by atoms with van der Waals surface area (Å²) in [5.41, 5.74) is 2.57. The summed E-state index contributed by atoms with van der Waals surface area (Å²) in [5, 5.41) is 6.00. The number of rotatable bonds is 9. The molecule has 1 amide bonds. The first-order chi connectivity index (χ1) is 13.7. The van der Waals surface area contributed by atoms with Gasteiger partial charge in [0.25, 0.3) is 0 Å². The molecule has 0 saturated heterocycles. The largest absolute Gasteiger partial charge is 0.494 e. The molecule has 0 heterocycles. The van der Waals surface area contributed by atoms with Gasteiger partial charge in [0.2, 0.25) is 5.91 Å². The van der Waals surface area contributed by atoms with Crippen LogP contribution >= 0.6 is 0 Å². The number of carbonyl (C=O) groups is 1. The van der Waals surface area contributed by atoms with Crippen LogP contribution in [0, 0.1) is 0 Å². The summed E-state index contributed by atoms with van der Waals surface area (Å²) in [6.07, 6.45) is 0. The Labute approximate surface area is 165 Å². The van der Waals surface area contributed by atoms with E-state index in [1.54, 1.807) is 0 Å². The third-order valence-corrected chi connectivity index (χ3v) is 4.02. The molecule has 0 spiro atoms. The monoisotopic (exact) mass is 376 g/mol. The fraction of sp³-hybridized carbons (Fsp3) is 0.174. The van der Waals surface area contributed by atoms with Crippen LogP contribution in [0.3, 0.4) is 0 Å². The van der Waals surface area contributed by atoms with E-state index < -0.39 is 0 Å². The number of ether oxygens (including phenoxy) is 2. The summed E-state index contributed by atoms with van der Waals surface area (Å²) in [4.78, 5) is 12.3. The summed E-state index contributed by atoms with van der Waals surface area (Å²) >= 11 is 0. The van der Waals surface area contributed by atoms with Crippen LogP contribution in [0.25, 0.3) is 0 Å². The fourth-order valence-corrected chi connectivity index (χ4v) is 2.64. The number of amides is 1. The third kappa shape index (κ3) is 5.77. The van der Waals surface area contributed by atoms with Gasteiger partial charge in [-0.3, -0.25) is 4.79 Å². The summed E-state index contributed by atoms with van der Waals surface area (Å²) in [7, 11) is 0. The lowest BCUT2D eigenvalue weighted by molar-refractivity contribution is -0.114. The van der Waals surface area contributed by atoms with Crippen molar-refractivity contribution in [1.82, 2.24) is 0 Å². The highest BCUT2D eigenvalue weighted by molar-refractivity contribution is 5.95. The lowest BCUT2D eigenvalue weighted by Crippen LogP contribution is -2.22. The van der Waals surface area contributed by atoms with Gasteiger partial charge in [-0.15, -0.1) is 0 Å². The number of para-hydroxylation sites is 2. The maximum Gasteiger partial charge on any atom is 0.243 e. The summed E-state index contributed by atoms with van der Waals surface area (Å²) < 4.78 is 11.3. The Bertz CT molecular complexity index is 880. The van der Waals surface area contributed by atoms with E-state index in [1.807, 2.05) is 85.8 Å². The fourth-order valence-electron chi connectivity index (χ4n) is 2.64. The Balaban J connectivity index is 1.53. The van der Waals surface area contributed by atoms with Gasteiger partial charge in [-0.25, -0.2) is 0 Å². The zero-order valence-corrected chi connectivity index (χ0v) is 15.9. The number of benzene rings is 3.